The molecule has 5 heteroatoms. The van der Waals surface area contributed by atoms with Gasteiger partial charge in [0.1, 0.15) is 0 Å². The molecular formula is C9H13NO3S. The molecule has 1 saturated heterocycles. The Bertz CT molecular complexity index is 263. The number of ether oxygens (including phenoxy) is 1. The molecule has 1 fully saturated rings. The van der Waals surface area contributed by atoms with E-state index in [1.807, 2.05) is 6.92 Å². The molecular weight excluding hydrogens is 202 g/mol. The molecule has 78 valence electrons. The maximum absolute atomic E-state index is 11.1. The molecule has 0 unspecified atom stereocenters. The van der Waals surface area contributed by atoms with Crippen molar-refractivity contribution in [2.45, 2.75) is 19.8 Å². The number of hydrogen-bond donors (Lipinski definition) is 1. The summed E-state index contributed by atoms with van der Waals surface area (Å²) in [4.78, 5) is 21.9. The topological polar surface area (TPSA) is 55.4 Å². The van der Waals surface area contributed by atoms with Crippen molar-refractivity contribution in [1.29, 1.82) is 0 Å². The van der Waals surface area contributed by atoms with Crippen molar-refractivity contribution in [3.05, 3.63) is 11.1 Å². The van der Waals surface area contributed by atoms with Crippen LogP contribution < -0.4 is 5.32 Å². The van der Waals surface area contributed by atoms with E-state index in [1.165, 1.54) is 17.8 Å². The highest BCUT2D eigenvalue weighted by atomic mass is 32.2. The van der Waals surface area contributed by atoms with Crippen molar-refractivity contribution < 1.29 is 14.3 Å². The van der Waals surface area contributed by atoms with E-state index >= 15 is 0 Å². The van der Waals surface area contributed by atoms with Crippen LogP contribution in [0.1, 0.15) is 19.8 Å². The SMILES string of the molecule is CCCCOC(=O)C=C1NC(=O)CS1. The molecule has 14 heavy (non-hydrogen) atoms. The zero-order valence-electron chi connectivity index (χ0n) is 8.04. The lowest BCUT2D eigenvalue weighted by molar-refractivity contribution is -0.137. The van der Waals surface area contributed by atoms with Gasteiger partial charge in [-0.3, -0.25) is 4.79 Å². The first-order chi connectivity index (χ1) is 6.72. The zero-order valence-corrected chi connectivity index (χ0v) is 8.86. The highest BCUT2D eigenvalue weighted by Crippen LogP contribution is 2.18. The Hall–Kier alpha value is -0.970. The molecule has 0 saturated carbocycles. The minimum Gasteiger partial charge on any atom is -0.462 e. The molecule has 1 heterocycles. The fourth-order valence-corrected chi connectivity index (χ4v) is 1.62. The van der Waals surface area contributed by atoms with Crippen molar-refractivity contribution in [2.24, 2.45) is 0 Å². The van der Waals surface area contributed by atoms with Crippen LogP contribution in [0.15, 0.2) is 11.1 Å². The average molecular weight is 215 g/mol. The molecule has 0 bridgehead atoms. The molecule has 0 radical (unpaired) electrons. The minimum absolute atomic E-state index is 0.0670. The van der Waals surface area contributed by atoms with Crippen LogP contribution in [-0.2, 0) is 14.3 Å². The summed E-state index contributed by atoms with van der Waals surface area (Å²) in [6, 6.07) is 0. The van der Waals surface area contributed by atoms with Crippen LogP contribution in [-0.4, -0.2) is 24.2 Å². The number of hydrogen-bond acceptors (Lipinski definition) is 4. The predicted octanol–water partition coefficient (Wildman–Crippen LogP) is 1.03. The molecule has 0 aromatic carbocycles. The van der Waals surface area contributed by atoms with Gasteiger partial charge in [-0.2, -0.15) is 0 Å². The van der Waals surface area contributed by atoms with Gasteiger partial charge in [0.25, 0.3) is 0 Å². The van der Waals surface area contributed by atoms with Crippen LogP contribution in [0.3, 0.4) is 0 Å². The molecule has 1 N–H and O–H groups in total. The van der Waals surface area contributed by atoms with E-state index < -0.39 is 0 Å². The molecule has 0 spiro atoms. The quantitative estimate of drug-likeness (QED) is 0.432. The number of nitrogens with one attached hydrogen (secondary N) is 1. The van der Waals surface area contributed by atoms with Crippen LogP contribution >= 0.6 is 11.8 Å². The highest BCUT2D eigenvalue weighted by molar-refractivity contribution is 8.04. The summed E-state index contributed by atoms with van der Waals surface area (Å²) >= 11 is 1.32. The fourth-order valence-electron chi connectivity index (χ4n) is 0.896. The summed E-state index contributed by atoms with van der Waals surface area (Å²) in [6.07, 6.45) is 3.19. The molecule has 0 aromatic rings. The number of carbonyl (C=O) groups excluding carboxylic acids is 2. The third-order valence-corrected chi connectivity index (χ3v) is 2.55. The lowest BCUT2D eigenvalue weighted by atomic mass is 10.4. The summed E-state index contributed by atoms with van der Waals surface area (Å²) in [5.41, 5.74) is 0. The Balaban J connectivity index is 2.28. The highest BCUT2D eigenvalue weighted by Gasteiger charge is 2.16. The van der Waals surface area contributed by atoms with E-state index in [0.717, 1.165) is 12.8 Å². The van der Waals surface area contributed by atoms with Crippen molar-refractivity contribution in [1.82, 2.24) is 5.32 Å². The monoisotopic (exact) mass is 215 g/mol. The van der Waals surface area contributed by atoms with Crippen LogP contribution in [0.25, 0.3) is 0 Å². The van der Waals surface area contributed by atoms with E-state index in [1.54, 1.807) is 0 Å². The molecule has 1 aliphatic heterocycles. The van der Waals surface area contributed by atoms with E-state index in [9.17, 15) is 9.59 Å². The zero-order chi connectivity index (χ0) is 10.4. The van der Waals surface area contributed by atoms with Crippen molar-refractivity contribution in [2.75, 3.05) is 12.4 Å². The first-order valence-electron chi connectivity index (χ1n) is 4.53. The number of rotatable bonds is 4. The van der Waals surface area contributed by atoms with Crippen LogP contribution in [0.4, 0.5) is 0 Å². The van der Waals surface area contributed by atoms with E-state index in [0.29, 0.717) is 17.4 Å². The Kier molecular flexibility index (Phi) is 4.52. The fraction of sp³-hybridized carbons (Fsp3) is 0.556. The van der Waals surface area contributed by atoms with Gasteiger partial charge < -0.3 is 10.1 Å². The molecule has 0 atom stereocenters. The molecule has 0 aromatic heterocycles. The summed E-state index contributed by atoms with van der Waals surface area (Å²) in [5, 5.41) is 3.14. The first-order valence-corrected chi connectivity index (χ1v) is 5.52. The number of unbranched alkanes of at least 4 members (excludes halogenated alkanes) is 1. The summed E-state index contributed by atoms with van der Waals surface area (Å²) in [6.45, 7) is 2.47. The van der Waals surface area contributed by atoms with Gasteiger partial charge in [0.05, 0.1) is 23.5 Å². The van der Waals surface area contributed by atoms with Gasteiger partial charge in [-0.1, -0.05) is 25.1 Å². The van der Waals surface area contributed by atoms with E-state index in [2.05, 4.69) is 5.32 Å². The maximum Gasteiger partial charge on any atom is 0.333 e. The van der Waals surface area contributed by atoms with E-state index in [4.69, 9.17) is 4.74 Å². The molecule has 4 nitrogen and oxygen atoms in total. The lowest BCUT2D eigenvalue weighted by Crippen LogP contribution is -2.15. The predicted molar refractivity (Wildman–Crippen MR) is 54.6 cm³/mol. The van der Waals surface area contributed by atoms with Gasteiger partial charge in [0, 0.05) is 0 Å². The summed E-state index contributed by atoms with van der Waals surface area (Å²) < 4.78 is 4.90. The van der Waals surface area contributed by atoms with Crippen molar-refractivity contribution in [3.8, 4) is 0 Å². The summed E-state index contributed by atoms with van der Waals surface area (Å²) in [5.74, 6) is -0.0700. The standard InChI is InChI=1S/C9H13NO3S/c1-2-3-4-13-9(12)5-8-10-7(11)6-14-8/h5H,2-4,6H2,1H3,(H,10,11). The number of thioether (sulfide) groups is 1. The minimum atomic E-state index is -0.386. The van der Waals surface area contributed by atoms with Crippen molar-refractivity contribution in [3.63, 3.8) is 0 Å². The maximum atomic E-state index is 11.1. The number of esters is 1. The summed E-state index contributed by atoms with van der Waals surface area (Å²) in [7, 11) is 0. The Morgan fingerprint density at radius 2 is 2.50 bits per heavy atom. The van der Waals surface area contributed by atoms with Gasteiger partial charge >= 0.3 is 5.97 Å². The molecule has 1 aliphatic rings. The second-order valence-electron chi connectivity index (χ2n) is 2.87. The third kappa shape index (κ3) is 3.83. The van der Waals surface area contributed by atoms with Gasteiger partial charge in [-0.25, -0.2) is 4.79 Å². The second kappa shape index (κ2) is 5.70. The molecule has 1 rings (SSSR count). The lowest BCUT2D eigenvalue weighted by Gasteiger charge is -2.00. The van der Waals surface area contributed by atoms with Crippen LogP contribution in [0.2, 0.25) is 0 Å². The first kappa shape index (κ1) is 11.1. The van der Waals surface area contributed by atoms with E-state index in [-0.39, 0.29) is 11.9 Å². The molecule has 1 amide bonds. The third-order valence-electron chi connectivity index (χ3n) is 1.61. The molecule has 0 aliphatic carbocycles. The smallest absolute Gasteiger partial charge is 0.333 e. The van der Waals surface area contributed by atoms with Gasteiger partial charge in [0.15, 0.2) is 0 Å². The number of amides is 1. The van der Waals surface area contributed by atoms with Gasteiger partial charge in [-0.15, -0.1) is 0 Å². The second-order valence-corrected chi connectivity index (χ2v) is 3.88. The normalized spacial score (nSPS) is 18.4. The van der Waals surface area contributed by atoms with Gasteiger partial charge in [-0.05, 0) is 6.42 Å². The van der Waals surface area contributed by atoms with Crippen LogP contribution in [0.5, 0.6) is 0 Å². The Labute approximate surface area is 87.1 Å². The average Bonchev–Trinajstić information content (AvgIpc) is 2.52. The van der Waals surface area contributed by atoms with Crippen LogP contribution in [0, 0.1) is 0 Å². The largest absolute Gasteiger partial charge is 0.462 e. The number of carbonyl (C=O) groups is 2. The Morgan fingerprint density at radius 1 is 1.71 bits per heavy atom. The van der Waals surface area contributed by atoms with Gasteiger partial charge in [0.2, 0.25) is 5.91 Å². The van der Waals surface area contributed by atoms with Crippen molar-refractivity contribution >= 4 is 23.6 Å². The Morgan fingerprint density at radius 3 is 3.07 bits per heavy atom.